The third-order valence-electron chi connectivity index (χ3n) is 3.95. The topological polar surface area (TPSA) is 51.7 Å². The lowest BCUT2D eigenvalue weighted by Crippen LogP contribution is -2.57. The molecule has 26 heavy (non-hydrogen) atoms. The van der Waals surface area contributed by atoms with Crippen molar-refractivity contribution in [2.24, 2.45) is 0 Å². The largest absolute Gasteiger partial charge is 0.484 e. The first-order valence-electron chi connectivity index (χ1n) is 8.00. The highest BCUT2D eigenvalue weighted by Crippen LogP contribution is 2.29. The first-order valence-corrected chi connectivity index (χ1v) is 8.00. The second-order valence-corrected chi connectivity index (χ2v) is 5.95. The van der Waals surface area contributed by atoms with Gasteiger partial charge in [-0.15, -0.1) is 0 Å². The number of amides is 1. The van der Waals surface area contributed by atoms with Gasteiger partial charge in [0.05, 0.1) is 13.1 Å². The monoisotopic (exact) mass is 366 g/mol. The van der Waals surface area contributed by atoms with Crippen molar-refractivity contribution in [1.29, 1.82) is 0 Å². The molecule has 5 nitrogen and oxygen atoms in total. The summed E-state index contributed by atoms with van der Waals surface area (Å²) in [6.45, 7) is 2.36. The van der Waals surface area contributed by atoms with Gasteiger partial charge in [0.25, 0.3) is 5.91 Å². The quantitative estimate of drug-likeness (QED) is 0.816. The number of alkyl halides is 3. The van der Waals surface area contributed by atoms with Gasteiger partial charge in [-0.1, -0.05) is 24.3 Å². The molecule has 1 aliphatic heterocycles. The van der Waals surface area contributed by atoms with Gasteiger partial charge in [-0.3, -0.25) is 4.79 Å². The van der Waals surface area contributed by atoms with Crippen LogP contribution in [0.5, 0.6) is 11.6 Å². The number of benzene rings is 1. The van der Waals surface area contributed by atoms with Gasteiger partial charge in [0.2, 0.25) is 5.88 Å². The van der Waals surface area contributed by atoms with E-state index in [9.17, 15) is 18.0 Å². The van der Waals surface area contributed by atoms with Crippen LogP contribution in [-0.4, -0.2) is 41.6 Å². The minimum atomic E-state index is -4.52. The van der Waals surface area contributed by atoms with E-state index in [0.717, 1.165) is 11.6 Å². The molecular formula is C18H17F3N2O3. The average Bonchev–Trinajstić information content (AvgIpc) is 2.56. The maximum absolute atomic E-state index is 12.6. The Morgan fingerprint density at radius 1 is 1.19 bits per heavy atom. The van der Waals surface area contributed by atoms with Gasteiger partial charge in [0, 0.05) is 6.07 Å². The molecule has 2 aromatic rings. The summed E-state index contributed by atoms with van der Waals surface area (Å²) in [6.07, 6.45) is -4.90. The lowest BCUT2D eigenvalue weighted by atomic mass is 10.1. The lowest BCUT2D eigenvalue weighted by Gasteiger charge is -2.38. The summed E-state index contributed by atoms with van der Waals surface area (Å²) in [6, 6.07) is 10.8. The van der Waals surface area contributed by atoms with Gasteiger partial charge in [-0.05, 0) is 24.6 Å². The van der Waals surface area contributed by atoms with Crippen LogP contribution in [0.1, 0.15) is 11.3 Å². The van der Waals surface area contributed by atoms with Gasteiger partial charge in [-0.25, -0.2) is 4.98 Å². The van der Waals surface area contributed by atoms with Gasteiger partial charge in [0.1, 0.15) is 17.5 Å². The molecule has 0 saturated carbocycles. The number of aromatic nitrogens is 1. The van der Waals surface area contributed by atoms with Crippen molar-refractivity contribution in [3.8, 4) is 11.6 Å². The van der Waals surface area contributed by atoms with Crippen LogP contribution >= 0.6 is 0 Å². The minimum Gasteiger partial charge on any atom is -0.484 e. The molecule has 0 aliphatic carbocycles. The van der Waals surface area contributed by atoms with Gasteiger partial charge < -0.3 is 14.4 Å². The number of carbonyl (C=O) groups excluding carboxylic acids is 1. The first kappa shape index (κ1) is 18.0. The third kappa shape index (κ3) is 4.25. The van der Waals surface area contributed by atoms with Crippen molar-refractivity contribution in [1.82, 2.24) is 9.88 Å². The van der Waals surface area contributed by atoms with Crippen LogP contribution in [0.4, 0.5) is 13.2 Å². The number of likely N-dealkylation sites (tertiary alicyclic amines) is 1. The standard InChI is InChI=1S/C18H17F3N2O3/c1-12-5-2-3-6-14(12)25-11-17(24)23-9-13(10-23)26-16-8-4-7-15(22-16)18(19,20)21/h2-8,13H,9-11H2,1H3. The molecule has 1 aliphatic rings. The number of halogens is 3. The highest BCUT2D eigenvalue weighted by molar-refractivity contribution is 5.78. The minimum absolute atomic E-state index is 0.0978. The molecular weight excluding hydrogens is 349 g/mol. The van der Waals surface area contributed by atoms with Crippen LogP contribution < -0.4 is 9.47 Å². The number of rotatable bonds is 5. The van der Waals surface area contributed by atoms with Crippen molar-refractivity contribution in [2.75, 3.05) is 19.7 Å². The number of nitrogens with zero attached hydrogens (tertiary/aromatic N) is 2. The lowest BCUT2D eigenvalue weighted by molar-refractivity contribution is -0.143. The molecule has 1 aromatic carbocycles. The Morgan fingerprint density at radius 2 is 1.92 bits per heavy atom. The fourth-order valence-corrected chi connectivity index (χ4v) is 2.47. The normalized spacial score (nSPS) is 14.7. The molecule has 0 radical (unpaired) electrons. The highest BCUT2D eigenvalue weighted by Gasteiger charge is 2.35. The number of para-hydroxylation sites is 1. The Hall–Kier alpha value is -2.77. The number of pyridine rings is 1. The molecule has 2 heterocycles. The van der Waals surface area contributed by atoms with E-state index in [1.165, 1.54) is 17.0 Å². The summed E-state index contributed by atoms with van der Waals surface area (Å²) in [5.74, 6) is 0.334. The van der Waals surface area contributed by atoms with Gasteiger partial charge in [0.15, 0.2) is 6.61 Å². The van der Waals surface area contributed by atoms with Crippen LogP contribution in [0.2, 0.25) is 0 Å². The molecule has 0 bridgehead atoms. The van der Waals surface area contributed by atoms with Crippen LogP contribution in [0, 0.1) is 6.92 Å². The van der Waals surface area contributed by atoms with Gasteiger partial charge in [-0.2, -0.15) is 13.2 Å². The van der Waals surface area contributed by atoms with E-state index in [1.54, 1.807) is 6.07 Å². The summed E-state index contributed by atoms with van der Waals surface area (Å²) in [5.41, 5.74) is -0.0744. The number of hydrogen-bond donors (Lipinski definition) is 0. The molecule has 138 valence electrons. The number of carbonyl (C=O) groups is 1. The molecule has 1 amide bonds. The predicted molar refractivity (Wildman–Crippen MR) is 86.9 cm³/mol. The second kappa shape index (κ2) is 7.23. The molecule has 1 fully saturated rings. The maximum Gasteiger partial charge on any atom is 0.433 e. The zero-order chi connectivity index (χ0) is 18.7. The Kier molecular flexibility index (Phi) is 5.01. The first-order chi connectivity index (χ1) is 12.3. The zero-order valence-corrected chi connectivity index (χ0v) is 14.0. The van der Waals surface area contributed by atoms with Crippen LogP contribution in [0.15, 0.2) is 42.5 Å². The van der Waals surface area contributed by atoms with Crippen molar-refractivity contribution in [2.45, 2.75) is 19.2 Å². The average molecular weight is 366 g/mol. The van der Waals surface area contributed by atoms with Crippen LogP contribution in [0.3, 0.4) is 0 Å². The van der Waals surface area contributed by atoms with E-state index in [2.05, 4.69) is 4.98 Å². The maximum atomic E-state index is 12.6. The highest BCUT2D eigenvalue weighted by atomic mass is 19.4. The SMILES string of the molecule is Cc1ccccc1OCC(=O)N1CC(Oc2cccc(C(F)(F)F)n2)C1. The Morgan fingerprint density at radius 3 is 2.62 bits per heavy atom. The number of hydrogen-bond acceptors (Lipinski definition) is 4. The van der Waals surface area contributed by atoms with Crippen molar-refractivity contribution in [3.05, 3.63) is 53.7 Å². The van der Waals surface area contributed by atoms with E-state index < -0.39 is 11.9 Å². The molecule has 0 spiro atoms. The van der Waals surface area contributed by atoms with E-state index in [1.807, 2.05) is 25.1 Å². The molecule has 0 N–H and O–H groups in total. The fourth-order valence-electron chi connectivity index (χ4n) is 2.47. The van der Waals surface area contributed by atoms with Crippen molar-refractivity contribution in [3.63, 3.8) is 0 Å². The van der Waals surface area contributed by atoms with E-state index in [-0.39, 0.29) is 37.6 Å². The molecule has 1 aromatic heterocycles. The van der Waals surface area contributed by atoms with Crippen molar-refractivity contribution < 1.29 is 27.4 Å². The number of aryl methyl sites for hydroxylation is 1. The summed E-state index contributed by atoms with van der Waals surface area (Å²) < 4.78 is 48.8. The number of ether oxygens (including phenoxy) is 2. The summed E-state index contributed by atoms with van der Waals surface area (Å²) >= 11 is 0. The second-order valence-electron chi connectivity index (χ2n) is 5.95. The van der Waals surface area contributed by atoms with E-state index in [0.29, 0.717) is 5.75 Å². The van der Waals surface area contributed by atoms with Crippen LogP contribution in [-0.2, 0) is 11.0 Å². The smallest absolute Gasteiger partial charge is 0.433 e. The molecule has 0 unspecified atom stereocenters. The third-order valence-corrected chi connectivity index (χ3v) is 3.95. The van der Waals surface area contributed by atoms with Crippen LogP contribution in [0.25, 0.3) is 0 Å². The predicted octanol–water partition coefficient (Wildman–Crippen LogP) is 3.08. The van der Waals surface area contributed by atoms with E-state index in [4.69, 9.17) is 9.47 Å². The Bertz CT molecular complexity index is 789. The fraction of sp³-hybridized carbons (Fsp3) is 0.333. The Balaban J connectivity index is 1.47. The van der Waals surface area contributed by atoms with Gasteiger partial charge >= 0.3 is 6.18 Å². The van der Waals surface area contributed by atoms with E-state index >= 15 is 0 Å². The van der Waals surface area contributed by atoms with Crippen molar-refractivity contribution >= 4 is 5.91 Å². The summed E-state index contributed by atoms with van der Waals surface area (Å²) in [4.78, 5) is 17.0. The molecule has 0 atom stereocenters. The molecule has 3 rings (SSSR count). The molecule has 8 heteroatoms. The summed E-state index contributed by atoms with van der Waals surface area (Å²) in [7, 11) is 0. The Labute approximate surface area is 148 Å². The molecule has 1 saturated heterocycles. The zero-order valence-electron chi connectivity index (χ0n) is 14.0. The summed E-state index contributed by atoms with van der Waals surface area (Å²) in [5, 5.41) is 0.